The number of carboxylic acids is 1. The van der Waals surface area contributed by atoms with Crippen LogP contribution in [0.5, 0.6) is 0 Å². The molecule has 7 heteroatoms. The fourth-order valence-electron chi connectivity index (χ4n) is 4.07. The molecule has 2 aliphatic rings. The first-order valence-electron chi connectivity index (χ1n) is 8.51. The van der Waals surface area contributed by atoms with E-state index in [1.807, 2.05) is 0 Å². The Morgan fingerprint density at radius 3 is 2.64 bits per heavy atom. The first-order chi connectivity index (χ1) is 11.9. The van der Waals surface area contributed by atoms with Crippen molar-refractivity contribution in [2.45, 2.75) is 51.1 Å². The molecule has 3 unspecified atom stereocenters. The lowest BCUT2D eigenvalue weighted by molar-refractivity contribution is -0.141. The number of carbonyl (C=O) groups is 3. The van der Waals surface area contributed by atoms with Crippen molar-refractivity contribution < 1.29 is 23.9 Å². The van der Waals surface area contributed by atoms with E-state index in [0.717, 1.165) is 31.7 Å². The molecule has 1 heterocycles. The topological polar surface area (TPSA) is 86.7 Å². The number of carbonyl (C=O) groups excluding carboxylic acids is 2. The molecule has 1 saturated carbocycles. The number of fused-ring (bicyclic) bond motifs is 1. The summed E-state index contributed by atoms with van der Waals surface area (Å²) >= 11 is 0. The fraction of sp³-hybridized carbons (Fsp3) is 0.500. The minimum absolute atomic E-state index is 0.0791. The van der Waals surface area contributed by atoms with Gasteiger partial charge in [-0.15, -0.1) is 0 Å². The van der Waals surface area contributed by atoms with Crippen molar-refractivity contribution in [3.05, 3.63) is 29.6 Å². The number of benzene rings is 1. The van der Waals surface area contributed by atoms with E-state index in [1.165, 1.54) is 24.0 Å². The molecule has 3 atom stereocenters. The summed E-state index contributed by atoms with van der Waals surface area (Å²) in [6.07, 6.45) is 4.21. The number of hydrogen-bond donors (Lipinski definition) is 2. The lowest BCUT2D eigenvalue weighted by Gasteiger charge is -2.33. The number of nitrogens with one attached hydrogen (secondary N) is 1. The van der Waals surface area contributed by atoms with Gasteiger partial charge in [0.25, 0.3) is 5.91 Å². The maximum absolute atomic E-state index is 13.8. The lowest BCUT2D eigenvalue weighted by Crippen LogP contribution is -2.46. The third-order valence-corrected chi connectivity index (χ3v) is 5.13. The Balaban J connectivity index is 1.92. The summed E-state index contributed by atoms with van der Waals surface area (Å²) in [5, 5.41) is 11.9. The van der Waals surface area contributed by atoms with E-state index in [9.17, 15) is 23.9 Å². The highest BCUT2D eigenvalue weighted by atomic mass is 19.1. The molecule has 1 aliphatic carbocycles. The van der Waals surface area contributed by atoms with Gasteiger partial charge in [-0.2, -0.15) is 0 Å². The molecule has 0 aromatic heterocycles. The van der Waals surface area contributed by atoms with E-state index in [4.69, 9.17) is 0 Å². The number of anilines is 1. The van der Waals surface area contributed by atoms with Gasteiger partial charge in [0.05, 0.1) is 5.69 Å². The molecule has 0 spiro atoms. The zero-order valence-corrected chi connectivity index (χ0v) is 14.0. The van der Waals surface area contributed by atoms with E-state index < -0.39 is 29.6 Å². The van der Waals surface area contributed by atoms with Crippen molar-refractivity contribution in [2.24, 2.45) is 5.92 Å². The van der Waals surface area contributed by atoms with Crippen LogP contribution in [0.3, 0.4) is 0 Å². The Labute approximate surface area is 145 Å². The Kier molecular flexibility index (Phi) is 4.74. The van der Waals surface area contributed by atoms with Gasteiger partial charge in [0.1, 0.15) is 11.9 Å². The average molecular weight is 348 g/mol. The van der Waals surface area contributed by atoms with Crippen LogP contribution < -0.4 is 5.32 Å². The number of amides is 2. The number of hydrogen-bond acceptors (Lipinski definition) is 3. The van der Waals surface area contributed by atoms with E-state index in [1.54, 1.807) is 0 Å². The van der Waals surface area contributed by atoms with Crippen molar-refractivity contribution in [1.29, 1.82) is 0 Å². The van der Waals surface area contributed by atoms with Crippen LogP contribution in [0.15, 0.2) is 18.2 Å². The summed E-state index contributed by atoms with van der Waals surface area (Å²) in [5.74, 6) is -2.31. The Hall–Kier alpha value is -2.44. The van der Waals surface area contributed by atoms with Crippen LogP contribution in [-0.2, 0) is 9.59 Å². The second-order valence-electron chi connectivity index (χ2n) is 6.79. The van der Waals surface area contributed by atoms with Gasteiger partial charge in [-0.1, -0.05) is 12.8 Å². The third kappa shape index (κ3) is 3.36. The molecule has 3 rings (SSSR count). The monoisotopic (exact) mass is 348 g/mol. The van der Waals surface area contributed by atoms with E-state index in [-0.39, 0.29) is 23.2 Å². The smallest absolute Gasteiger partial charge is 0.326 e. The van der Waals surface area contributed by atoms with Crippen LogP contribution in [0.1, 0.15) is 49.4 Å². The minimum Gasteiger partial charge on any atom is -0.480 e. The van der Waals surface area contributed by atoms with Gasteiger partial charge in [0.15, 0.2) is 0 Å². The molecular formula is C18H21FN2O4. The summed E-state index contributed by atoms with van der Waals surface area (Å²) < 4.78 is 13.8. The molecule has 25 heavy (non-hydrogen) atoms. The number of nitrogens with zero attached hydrogens (tertiary/aromatic N) is 1. The molecule has 1 aliphatic heterocycles. The maximum Gasteiger partial charge on any atom is 0.326 e. The van der Waals surface area contributed by atoms with E-state index in [2.05, 4.69) is 5.32 Å². The van der Waals surface area contributed by atoms with Crippen LogP contribution in [0.4, 0.5) is 10.1 Å². The minimum atomic E-state index is -1.01. The maximum atomic E-state index is 13.8. The molecule has 1 aromatic rings. The molecule has 6 nitrogen and oxygen atoms in total. The quantitative estimate of drug-likeness (QED) is 0.879. The Morgan fingerprint density at radius 2 is 1.96 bits per heavy atom. The SMILES string of the molecule is CC(=O)Nc1cc(C(=O)N2C(C(=O)O)CC3CCCCC32)ccc1F. The molecular weight excluding hydrogens is 327 g/mol. The third-order valence-electron chi connectivity index (χ3n) is 5.13. The van der Waals surface area contributed by atoms with Gasteiger partial charge in [-0.3, -0.25) is 9.59 Å². The number of carboxylic acid groups (broad SMARTS) is 1. The molecule has 0 bridgehead atoms. The summed E-state index contributed by atoms with van der Waals surface area (Å²) in [6.45, 7) is 1.25. The summed E-state index contributed by atoms with van der Waals surface area (Å²) in [7, 11) is 0. The van der Waals surface area contributed by atoms with Crippen LogP contribution in [-0.4, -0.2) is 39.9 Å². The number of rotatable bonds is 3. The van der Waals surface area contributed by atoms with Gasteiger partial charge in [-0.05, 0) is 43.4 Å². The predicted octanol–water partition coefficient (Wildman–Crippen LogP) is 2.64. The highest BCUT2D eigenvalue weighted by molar-refractivity contribution is 5.99. The summed E-state index contributed by atoms with van der Waals surface area (Å²) in [6, 6.07) is 2.78. The van der Waals surface area contributed by atoms with Crippen molar-refractivity contribution in [3.63, 3.8) is 0 Å². The van der Waals surface area contributed by atoms with Crippen molar-refractivity contribution >= 4 is 23.5 Å². The van der Waals surface area contributed by atoms with Gasteiger partial charge < -0.3 is 15.3 Å². The van der Waals surface area contributed by atoms with Crippen LogP contribution in [0.25, 0.3) is 0 Å². The zero-order chi connectivity index (χ0) is 18.1. The van der Waals surface area contributed by atoms with Gasteiger partial charge in [-0.25, -0.2) is 9.18 Å². The highest BCUT2D eigenvalue weighted by Gasteiger charge is 2.47. The predicted molar refractivity (Wildman–Crippen MR) is 88.7 cm³/mol. The molecule has 2 N–H and O–H groups in total. The van der Waals surface area contributed by atoms with Gasteiger partial charge in [0.2, 0.25) is 5.91 Å². The highest BCUT2D eigenvalue weighted by Crippen LogP contribution is 2.40. The van der Waals surface area contributed by atoms with Crippen molar-refractivity contribution in [2.75, 3.05) is 5.32 Å². The van der Waals surface area contributed by atoms with E-state index in [0.29, 0.717) is 6.42 Å². The molecule has 0 radical (unpaired) electrons. The van der Waals surface area contributed by atoms with Crippen LogP contribution >= 0.6 is 0 Å². The summed E-state index contributed by atoms with van der Waals surface area (Å²) in [4.78, 5) is 37.3. The second-order valence-corrected chi connectivity index (χ2v) is 6.79. The number of halogens is 1. The molecule has 1 aromatic carbocycles. The van der Waals surface area contributed by atoms with Crippen molar-refractivity contribution in [3.8, 4) is 0 Å². The fourth-order valence-corrected chi connectivity index (χ4v) is 4.07. The average Bonchev–Trinajstić information content (AvgIpc) is 2.95. The number of likely N-dealkylation sites (tertiary alicyclic amines) is 1. The lowest BCUT2D eigenvalue weighted by atomic mass is 9.84. The van der Waals surface area contributed by atoms with Crippen LogP contribution in [0.2, 0.25) is 0 Å². The largest absolute Gasteiger partial charge is 0.480 e. The van der Waals surface area contributed by atoms with Crippen molar-refractivity contribution in [1.82, 2.24) is 4.90 Å². The standard InChI is InChI=1S/C18H21FN2O4/c1-10(22)20-14-8-12(6-7-13(14)19)17(23)21-15-5-3-2-4-11(15)9-16(21)18(24)25/h6-8,11,15-16H,2-5,9H2,1H3,(H,20,22)(H,24,25). The molecule has 2 amide bonds. The second kappa shape index (κ2) is 6.82. The molecule has 134 valence electrons. The zero-order valence-electron chi connectivity index (χ0n) is 14.0. The Bertz CT molecular complexity index is 721. The molecule has 2 fully saturated rings. The first kappa shape index (κ1) is 17.4. The summed E-state index contributed by atoms with van der Waals surface area (Å²) in [5.41, 5.74) is 0.104. The van der Waals surface area contributed by atoms with Crippen LogP contribution in [0, 0.1) is 11.7 Å². The van der Waals surface area contributed by atoms with E-state index >= 15 is 0 Å². The normalized spacial score (nSPS) is 25.4. The Morgan fingerprint density at radius 1 is 1.24 bits per heavy atom. The van der Waals surface area contributed by atoms with Gasteiger partial charge in [0, 0.05) is 18.5 Å². The number of aliphatic carboxylic acids is 1. The molecule has 1 saturated heterocycles. The van der Waals surface area contributed by atoms with Gasteiger partial charge >= 0.3 is 5.97 Å². The first-order valence-corrected chi connectivity index (χ1v) is 8.51.